The number of carbonyl (C=O) groups is 3. The number of carbonyl (C=O) groups excluding carboxylic acids is 3. The zero-order valence-corrected chi connectivity index (χ0v) is 38.5. The molecule has 0 rings (SSSR count). The van der Waals surface area contributed by atoms with Gasteiger partial charge in [-0.1, -0.05) is 190 Å². The Hall–Kier alpha value is -3.15. The molecule has 0 aliphatic carbocycles. The van der Waals surface area contributed by atoms with E-state index < -0.39 is 6.10 Å². The van der Waals surface area contributed by atoms with Crippen molar-refractivity contribution in [3.63, 3.8) is 0 Å². The number of allylic oxidation sites excluding steroid dienone is 12. The van der Waals surface area contributed by atoms with E-state index in [1.165, 1.54) is 77.0 Å². The van der Waals surface area contributed by atoms with Gasteiger partial charge in [-0.25, -0.2) is 0 Å². The summed E-state index contributed by atoms with van der Waals surface area (Å²) in [6.45, 7) is 6.43. The standard InChI is InChI=1S/C53H90O6/c1-4-7-10-13-16-19-22-24-26-28-31-33-36-39-42-45-51(54)57-48-50(59-53(56)47-44-41-38-35-30-21-18-15-12-9-6-3)49-58-52(55)46-43-40-37-34-32-29-27-25-23-20-17-14-11-8-5-2/h7,10,16-17,19-20,24-27,32,34,50H,4-6,8-9,11-15,18,21-23,28-31,33,35-49H2,1-3H3/b10-7-,19-16-,20-17-,26-24-,27-25-,34-32-/t50-/m1/s1. The summed E-state index contributed by atoms with van der Waals surface area (Å²) < 4.78 is 16.7. The van der Waals surface area contributed by atoms with Crippen LogP contribution in [0.25, 0.3) is 0 Å². The van der Waals surface area contributed by atoms with Gasteiger partial charge in [0.1, 0.15) is 13.2 Å². The van der Waals surface area contributed by atoms with Crippen LogP contribution >= 0.6 is 0 Å². The molecule has 0 saturated carbocycles. The molecule has 0 heterocycles. The average Bonchev–Trinajstić information content (AvgIpc) is 3.23. The summed E-state index contributed by atoms with van der Waals surface area (Å²) in [5.41, 5.74) is 0. The molecule has 59 heavy (non-hydrogen) atoms. The summed E-state index contributed by atoms with van der Waals surface area (Å²) in [5.74, 6) is -0.952. The second kappa shape index (κ2) is 47.5. The van der Waals surface area contributed by atoms with Crippen molar-refractivity contribution in [1.82, 2.24) is 0 Å². The molecule has 0 amide bonds. The highest BCUT2D eigenvalue weighted by atomic mass is 16.6. The molecule has 0 bridgehead atoms. The first kappa shape index (κ1) is 55.9. The van der Waals surface area contributed by atoms with Crippen LogP contribution < -0.4 is 0 Å². The van der Waals surface area contributed by atoms with E-state index in [9.17, 15) is 14.4 Å². The summed E-state index contributed by atoms with van der Waals surface area (Å²) in [7, 11) is 0. The molecule has 0 aromatic heterocycles. The SMILES string of the molecule is CC/C=C\C/C=C\C/C=C\CCCCCCCC(=O)OC[C@H](COC(=O)CCCC/C=C\C/C=C\C/C=C\CCCCC)OC(=O)CCCCCCCCCCCCC. The Morgan fingerprint density at radius 3 is 1.10 bits per heavy atom. The first-order valence-corrected chi connectivity index (χ1v) is 24.4. The fourth-order valence-electron chi connectivity index (χ4n) is 6.52. The number of hydrogen-bond acceptors (Lipinski definition) is 6. The number of rotatable bonds is 43. The smallest absolute Gasteiger partial charge is 0.306 e. The van der Waals surface area contributed by atoms with Gasteiger partial charge in [0, 0.05) is 19.3 Å². The molecular weight excluding hydrogens is 733 g/mol. The van der Waals surface area contributed by atoms with Crippen LogP contribution in [0.15, 0.2) is 72.9 Å². The molecule has 6 heteroatoms. The molecule has 0 unspecified atom stereocenters. The maximum atomic E-state index is 12.7. The largest absolute Gasteiger partial charge is 0.462 e. The lowest BCUT2D eigenvalue weighted by molar-refractivity contribution is -0.167. The van der Waals surface area contributed by atoms with E-state index in [4.69, 9.17) is 14.2 Å². The molecule has 0 radical (unpaired) electrons. The minimum absolute atomic E-state index is 0.0957. The summed E-state index contributed by atoms with van der Waals surface area (Å²) >= 11 is 0. The van der Waals surface area contributed by atoms with Crippen LogP contribution in [0.2, 0.25) is 0 Å². The molecule has 0 aliphatic rings. The van der Waals surface area contributed by atoms with Crippen molar-refractivity contribution >= 4 is 17.9 Å². The maximum Gasteiger partial charge on any atom is 0.306 e. The first-order valence-electron chi connectivity index (χ1n) is 24.4. The van der Waals surface area contributed by atoms with Crippen LogP contribution in [-0.2, 0) is 28.6 Å². The van der Waals surface area contributed by atoms with Gasteiger partial charge in [-0.05, 0) is 89.9 Å². The topological polar surface area (TPSA) is 78.9 Å². The maximum absolute atomic E-state index is 12.7. The molecule has 0 aromatic carbocycles. The zero-order valence-electron chi connectivity index (χ0n) is 38.5. The molecule has 0 aliphatic heterocycles. The van der Waals surface area contributed by atoms with Gasteiger partial charge >= 0.3 is 17.9 Å². The van der Waals surface area contributed by atoms with Gasteiger partial charge in [-0.2, -0.15) is 0 Å². The highest BCUT2D eigenvalue weighted by molar-refractivity contribution is 5.71. The van der Waals surface area contributed by atoms with Crippen LogP contribution in [0.1, 0.15) is 226 Å². The molecule has 1 atom stereocenters. The van der Waals surface area contributed by atoms with E-state index in [0.717, 1.165) is 109 Å². The van der Waals surface area contributed by atoms with E-state index in [2.05, 4.69) is 93.7 Å². The highest BCUT2D eigenvalue weighted by Gasteiger charge is 2.19. The molecule has 0 N–H and O–H groups in total. The van der Waals surface area contributed by atoms with Crippen molar-refractivity contribution in [3.8, 4) is 0 Å². The minimum atomic E-state index is -0.794. The lowest BCUT2D eigenvalue weighted by Gasteiger charge is -2.18. The monoisotopic (exact) mass is 823 g/mol. The lowest BCUT2D eigenvalue weighted by Crippen LogP contribution is -2.30. The van der Waals surface area contributed by atoms with Gasteiger partial charge in [0.15, 0.2) is 6.10 Å². The van der Waals surface area contributed by atoms with Gasteiger partial charge in [0.25, 0.3) is 0 Å². The first-order chi connectivity index (χ1) is 29.0. The second-order valence-electron chi connectivity index (χ2n) is 16.0. The predicted octanol–water partition coefficient (Wildman–Crippen LogP) is 15.9. The van der Waals surface area contributed by atoms with Crippen molar-refractivity contribution in [2.75, 3.05) is 13.2 Å². The Morgan fingerprint density at radius 1 is 0.356 bits per heavy atom. The molecular formula is C53H90O6. The van der Waals surface area contributed by atoms with Crippen molar-refractivity contribution in [2.24, 2.45) is 0 Å². The number of esters is 3. The van der Waals surface area contributed by atoms with Crippen molar-refractivity contribution in [2.45, 2.75) is 232 Å². The third-order valence-electron chi connectivity index (χ3n) is 10.2. The van der Waals surface area contributed by atoms with E-state index >= 15 is 0 Å². The quantitative estimate of drug-likeness (QED) is 0.0264. The molecule has 0 aromatic rings. The normalized spacial score (nSPS) is 12.7. The summed E-state index contributed by atoms with van der Waals surface area (Å²) in [6.07, 6.45) is 58.8. The Kier molecular flexibility index (Phi) is 45.0. The zero-order chi connectivity index (χ0) is 43.0. The van der Waals surface area contributed by atoms with Gasteiger partial charge in [-0.3, -0.25) is 14.4 Å². The second-order valence-corrected chi connectivity index (χ2v) is 16.0. The van der Waals surface area contributed by atoms with E-state index in [1.807, 2.05) is 0 Å². The fourth-order valence-corrected chi connectivity index (χ4v) is 6.52. The van der Waals surface area contributed by atoms with Crippen LogP contribution in [0.4, 0.5) is 0 Å². The average molecular weight is 823 g/mol. The van der Waals surface area contributed by atoms with E-state index in [1.54, 1.807) is 0 Å². The minimum Gasteiger partial charge on any atom is -0.462 e. The van der Waals surface area contributed by atoms with Gasteiger partial charge < -0.3 is 14.2 Å². The van der Waals surface area contributed by atoms with Gasteiger partial charge in [0.2, 0.25) is 0 Å². The van der Waals surface area contributed by atoms with E-state index in [0.29, 0.717) is 19.3 Å². The number of unbranched alkanes of at least 4 members (excludes halogenated alkanes) is 20. The highest BCUT2D eigenvalue weighted by Crippen LogP contribution is 2.14. The molecule has 0 spiro atoms. The van der Waals surface area contributed by atoms with Crippen LogP contribution in [0, 0.1) is 0 Å². The third kappa shape index (κ3) is 45.8. The molecule has 6 nitrogen and oxygen atoms in total. The van der Waals surface area contributed by atoms with Crippen LogP contribution in [0.3, 0.4) is 0 Å². The Morgan fingerprint density at radius 2 is 0.661 bits per heavy atom. The third-order valence-corrected chi connectivity index (χ3v) is 10.2. The fraction of sp³-hybridized carbons (Fsp3) is 0.717. The van der Waals surface area contributed by atoms with Crippen molar-refractivity contribution < 1.29 is 28.6 Å². The molecule has 0 fully saturated rings. The molecule has 0 saturated heterocycles. The van der Waals surface area contributed by atoms with Crippen molar-refractivity contribution in [3.05, 3.63) is 72.9 Å². The molecule has 338 valence electrons. The summed E-state index contributed by atoms with van der Waals surface area (Å²) in [6, 6.07) is 0. The van der Waals surface area contributed by atoms with Crippen LogP contribution in [-0.4, -0.2) is 37.2 Å². The van der Waals surface area contributed by atoms with Crippen LogP contribution in [0.5, 0.6) is 0 Å². The van der Waals surface area contributed by atoms with Crippen molar-refractivity contribution in [1.29, 1.82) is 0 Å². The Labute approximate surface area is 363 Å². The number of hydrogen-bond donors (Lipinski definition) is 0. The number of ether oxygens (including phenoxy) is 3. The predicted molar refractivity (Wildman–Crippen MR) is 251 cm³/mol. The summed E-state index contributed by atoms with van der Waals surface area (Å²) in [4.78, 5) is 37.8. The Bertz CT molecular complexity index is 1130. The lowest BCUT2D eigenvalue weighted by atomic mass is 10.1. The Balaban J connectivity index is 4.45. The van der Waals surface area contributed by atoms with Gasteiger partial charge in [-0.15, -0.1) is 0 Å². The van der Waals surface area contributed by atoms with Gasteiger partial charge in [0.05, 0.1) is 0 Å². The summed E-state index contributed by atoms with van der Waals surface area (Å²) in [5, 5.41) is 0. The van der Waals surface area contributed by atoms with E-state index in [-0.39, 0.29) is 31.1 Å².